The summed E-state index contributed by atoms with van der Waals surface area (Å²) in [4.78, 5) is 25.4. The lowest BCUT2D eigenvalue weighted by Crippen LogP contribution is -2.25. The van der Waals surface area contributed by atoms with Crippen molar-refractivity contribution in [3.63, 3.8) is 0 Å². The standard InChI is InChI=1S/C17H14F3N7OS/c18-17(19,20)11-6-8-22-15(23-11)29-16-25-24-13(10-26-9-3-5-14(26)28)27(16)12-4-1-2-7-21-12/h1-2,4,6-8H,3,5,9-10H2. The minimum absolute atomic E-state index is 0.0241. The van der Waals surface area contributed by atoms with Crippen molar-refractivity contribution in [1.82, 2.24) is 34.6 Å². The zero-order valence-electron chi connectivity index (χ0n) is 14.9. The third-order valence-corrected chi connectivity index (χ3v) is 5.01. The van der Waals surface area contributed by atoms with Gasteiger partial charge in [-0.1, -0.05) is 6.07 Å². The van der Waals surface area contributed by atoms with E-state index < -0.39 is 11.9 Å². The molecule has 1 amide bonds. The molecule has 3 aromatic heterocycles. The predicted octanol–water partition coefficient (Wildman–Crippen LogP) is 2.74. The Morgan fingerprint density at radius 1 is 1.10 bits per heavy atom. The Balaban J connectivity index is 1.69. The molecule has 29 heavy (non-hydrogen) atoms. The summed E-state index contributed by atoms with van der Waals surface area (Å²) < 4.78 is 40.4. The highest BCUT2D eigenvalue weighted by molar-refractivity contribution is 7.99. The van der Waals surface area contributed by atoms with Crippen LogP contribution >= 0.6 is 11.8 Å². The van der Waals surface area contributed by atoms with Gasteiger partial charge in [-0.05, 0) is 36.4 Å². The summed E-state index contributed by atoms with van der Waals surface area (Å²) >= 11 is 0.843. The predicted molar refractivity (Wildman–Crippen MR) is 95.0 cm³/mol. The summed E-state index contributed by atoms with van der Waals surface area (Å²) in [6, 6.07) is 6.02. The van der Waals surface area contributed by atoms with Gasteiger partial charge in [-0.2, -0.15) is 13.2 Å². The molecule has 0 unspecified atom stereocenters. The molecular weight excluding hydrogens is 407 g/mol. The van der Waals surface area contributed by atoms with Gasteiger partial charge in [0.2, 0.25) is 11.1 Å². The highest BCUT2D eigenvalue weighted by atomic mass is 32.2. The van der Waals surface area contributed by atoms with Crippen molar-refractivity contribution in [2.45, 2.75) is 35.9 Å². The largest absolute Gasteiger partial charge is 0.433 e. The molecule has 4 heterocycles. The van der Waals surface area contributed by atoms with Crippen molar-refractivity contribution in [3.05, 3.63) is 48.2 Å². The summed E-state index contributed by atoms with van der Waals surface area (Å²) in [5.41, 5.74) is -1.04. The van der Waals surface area contributed by atoms with Crippen LogP contribution in [0.3, 0.4) is 0 Å². The van der Waals surface area contributed by atoms with Crippen molar-refractivity contribution in [3.8, 4) is 5.82 Å². The molecule has 4 rings (SSSR count). The second-order valence-electron chi connectivity index (χ2n) is 6.17. The number of likely N-dealkylation sites (tertiary alicyclic amines) is 1. The molecule has 1 fully saturated rings. The van der Waals surface area contributed by atoms with E-state index >= 15 is 0 Å². The van der Waals surface area contributed by atoms with Gasteiger partial charge >= 0.3 is 6.18 Å². The van der Waals surface area contributed by atoms with Gasteiger partial charge in [0.25, 0.3) is 0 Å². The summed E-state index contributed by atoms with van der Waals surface area (Å²) in [5.74, 6) is 0.957. The van der Waals surface area contributed by atoms with Crippen LogP contribution in [0.2, 0.25) is 0 Å². The monoisotopic (exact) mass is 421 g/mol. The normalized spacial score (nSPS) is 14.6. The van der Waals surface area contributed by atoms with Crippen LogP contribution in [0, 0.1) is 0 Å². The van der Waals surface area contributed by atoms with E-state index in [4.69, 9.17) is 0 Å². The third kappa shape index (κ3) is 4.21. The quantitative estimate of drug-likeness (QED) is 0.585. The molecule has 0 spiro atoms. The zero-order valence-corrected chi connectivity index (χ0v) is 15.7. The number of carbonyl (C=O) groups excluding carboxylic acids is 1. The fourth-order valence-electron chi connectivity index (χ4n) is 2.86. The Morgan fingerprint density at radius 3 is 2.66 bits per heavy atom. The SMILES string of the molecule is O=C1CCCN1Cc1nnc(Sc2nccc(C(F)(F)F)n2)n1-c1ccccn1. The maximum absolute atomic E-state index is 12.9. The molecule has 0 radical (unpaired) electrons. The van der Waals surface area contributed by atoms with Gasteiger partial charge in [0.1, 0.15) is 11.5 Å². The van der Waals surface area contributed by atoms with E-state index in [2.05, 4.69) is 25.1 Å². The number of carbonyl (C=O) groups is 1. The number of pyridine rings is 1. The first-order chi connectivity index (χ1) is 13.9. The second-order valence-corrected chi connectivity index (χ2v) is 7.10. The first-order valence-electron chi connectivity index (χ1n) is 8.63. The van der Waals surface area contributed by atoms with Crippen LogP contribution in [0.1, 0.15) is 24.4 Å². The number of halogens is 3. The molecule has 0 saturated carbocycles. The summed E-state index contributed by atoms with van der Waals surface area (Å²) in [7, 11) is 0. The third-order valence-electron chi connectivity index (χ3n) is 4.19. The maximum Gasteiger partial charge on any atom is 0.433 e. The van der Waals surface area contributed by atoms with Crippen LogP contribution in [0.15, 0.2) is 47.0 Å². The van der Waals surface area contributed by atoms with E-state index in [0.717, 1.165) is 30.4 Å². The summed E-state index contributed by atoms with van der Waals surface area (Å²) in [6.07, 6.45) is -0.694. The Bertz CT molecular complexity index is 1030. The lowest BCUT2D eigenvalue weighted by Gasteiger charge is -2.16. The smallest absolute Gasteiger partial charge is 0.335 e. The molecule has 1 saturated heterocycles. The molecule has 0 bridgehead atoms. The molecule has 1 aliphatic rings. The Morgan fingerprint density at radius 2 is 1.97 bits per heavy atom. The number of hydrogen-bond donors (Lipinski definition) is 0. The second kappa shape index (κ2) is 7.78. The van der Waals surface area contributed by atoms with E-state index in [1.54, 1.807) is 33.9 Å². The molecule has 1 aliphatic heterocycles. The van der Waals surface area contributed by atoms with E-state index in [1.807, 2.05) is 0 Å². The van der Waals surface area contributed by atoms with Gasteiger partial charge in [-0.3, -0.25) is 9.36 Å². The number of hydrogen-bond acceptors (Lipinski definition) is 7. The van der Waals surface area contributed by atoms with Crippen molar-refractivity contribution in [2.24, 2.45) is 0 Å². The number of amides is 1. The highest BCUT2D eigenvalue weighted by Gasteiger charge is 2.33. The number of aromatic nitrogens is 6. The number of nitrogens with zero attached hydrogens (tertiary/aromatic N) is 7. The minimum Gasteiger partial charge on any atom is -0.335 e. The van der Waals surface area contributed by atoms with Crippen LogP contribution in [0.4, 0.5) is 13.2 Å². The minimum atomic E-state index is -4.58. The zero-order chi connectivity index (χ0) is 20.4. The Labute approximate surface area is 167 Å². The molecule has 0 atom stereocenters. The van der Waals surface area contributed by atoms with E-state index in [9.17, 15) is 18.0 Å². The molecule has 0 N–H and O–H groups in total. The van der Waals surface area contributed by atoms with Crippen LogP contribution in [-0.4, -0.2) is 47.1 Å². The van der Waals surface area contributed by atoms with Crippen molar-refractivity contribution in [2.75, 3.05) is 6.54 Å². The lowest BCUT2D eigenvalue weighted by atomic mass is 10.4. The summed E-state index contributed by atoms with van der Waals surface area (Å²) in [5, 5.41) is 8.36. The first kappa shape index (κ1) is 19.3. The summed E-state index contributed by atoms with van der Waals surface area (Å²) in [6.45, 7) is 0.847. The van der Waals surface area contributed by atoms with Gasteiger partial charge in [0.05, 0.1) is 6.54 Å². The van der Waals surface area contributed by atoms with Crippen LogP contribution in [-0.2, 0) is 17.5 Å². The van der Waals surface area contributed by atoms with Crippen molar-refractivity contribution >= 4 is 17.7 Å². The van der Waals surface area contributed by atoms with Gasteiger partial charge < -0.3 is 4.90 Å². The Kier molecular flexibility index (Phi) is 5.18. The van der Waals surface area contributed by atoms with Crippen LogP contribution in [0.25, 0.3) is 5.82 Å². The number of alkyl halides is 3. The van der Waals surface area contributed by atoms with Crippen molar-refractivity contribution in [1.29, 1.82) is 0 Å². The van der Waals surface area contributed by atoms with Gasteiger partial charge in [0.15, 0.2) is 11.0 Å². The fourth-order valence-corrected chi connectivity index (χ4v) is 3.65. The highest BCUT2D eigenvalue weighted by Crippen LogP contribution is 2.31. The van der Waals surface area contributed by atoms with Crippen LogP contribution < -0.4 is 0 Å². The topological polar surface area (TPSA) is 89.7 Å². The number of rotatable bonds is 5. The van der Waals surface area contributed by atoms with Gasteiger partial charge in [-0.15, -0.1) is 10.2 Å². The molecular formula is C17H14F3N7OS. The molecule has 150 valence electrons. The van der Waals surface area contributed by atoms with Gasteiger partial charge in [0, 0.05) is 25.4 Å². The van der Waals surface area contributed by atoms with Crippen LogP contribution in [0.5, 0.6) is 0 Å². The average molecular weight is 421 g/mol. The van der Waals surface area contributed by atoms with E-state index in [1.165, 1.54) is 0 Å². The lowest BCUT2D eigenvalue weighted by molar-refractivity contribution is -0.141. The van der Waals surface area contributed by atoms with E-state index in [-0.39, 0.29) is 22.8 Å². The van der Waals surface area contributed by atoms with Gasteiger partial charge in [-0.25, -0.2) is 15.0 Å². The molecule has 3 aromatic rings. The van der Waals surface area contributed by atoms with E-state index in [0.29, 0.717) is 24.6 Å². The molecule has 8 nitrogen and oxygen atoms in total. The molecule has 0 aromatic carbocycles. The molecule has 0 aliphatic carbocycles. The first-order valence-corrected chi connectivity index (χ1v) is 9.45. The average Bonchev–Trinajstić information content (AvgIpc) is 3.28. The fraction of sp³-hybridized carbons (Fsp3) is 0.294. The Hall–Kier alpha value is -3.02. The van der Waals surface area contributed by atoms with Crippen molar-refractivity contribution < 1.29 is 18.0 Å². The molecule has 12 heteroatoms. The maximum atomic E-state index is 12.9.